The fraction of sp³-hybridized carbons (Fsp3) is 0.500. The smallest absolute Gasteiger partial charge is 0.338 e. The number of esters is 2. The molecule has 3 N–H and O–H groups in total. The number of fused-ring (bicyclic) bond motifs is 2. The molecule has 1 saturated carbocycles. The summed E-state index contributed by atoms with van der Waals surface area (Å²) in [6.45, 7) is 5.14. The monoisotopic (exact) mass is 716 g/mol. The average molecular weight is 717 g/mol. The molecule has 0 spiro atoms. The van der Waals surface area contributed by atoms with Gasteiger partial charge in [-0.1, -0.05) is 36.4 Å². The minimum Gasteiger partial charge on any atom is -0.460 e. The second-order valence-electron chi connectivity index (χ2n) is 14.8. The fourth-order valence-corrected chi connectivity index (χ4v) is 6.80. The first-order chi connectivity index (χ1) is 24.9. The molecular weight excluding hydrogens is 668 g/mol. The Hall–Kier alpha value is -4.36. The van der Waals surface area contributed by atoms with Gasteiger partial charge < -0.3 is 39.4 Å². The molecule has 4 aliphatic rings. The first-order valence-electron chi connectivity index (χ1n) is 18.0. The van der Waals surface area contributed by atoms with E-state index in [9.17, 15) is 24.3 Å². The molecule has 2 aromatic rings. The van der Waals surface area contributed by atoms with E-state index in [1.807, 2.05) is 12.1 Å². The zero-order chi connectivity index (χ0) is 36.8. The standard InChI is InChI=1S/C40H48N2O10/c1-40(2,3)52-35(44)16-14-30(22-43)42-38(46)28-6-4-5-26(17-28)21-41-37(45)29-19-33-36(49-23-48-33)34(20-29)51-39(47)27-12-9-24(10-13-27)7-8-25-11-15-31-32(18-25)50-31/h4-10,12-13,17,19,25,30-34,36,43H,11,14-16,18,20-23H2,1-3H3,(H,41,45)(H,42,46)/t25?,30-,31?,32?,33+,34+,36+/m0/s1. The Morgan fingerprint density at radius 2 is 1.81 bits per heavy atom. The number of benzene rings is 2. The van der Waals surface area contributed by atoms with Gasteiger partial charge in [-0.15, -0.1) is 0 Å². The van der Waals surface area contributed by atoms with Gasteiger partial charge >= 0.3 is 11.9 Å². The number of aliphatic hydroxyl groups is 1. The summed E-state index contributed by atoms with van der Waals surface area (Å²) in [5, 5.41) is 15.4. The van der Waals surface area contributed by atoms with Crippen LogP contribution in [0.25, 0.3) is 6.08 Å². The summed E-state index contributed by atoms with van der Waals surface area (Å²) in [5.41, 5.74) is 2.20. The normalized spacial score (nSPS) is 25.7. The van der Waals surface area contributed by atoms with Crippen molar-refractivity contribution >= 4 is 29.8 Å². The van der Waals surface area contributed by atoms with Crippen molar-refractivity contribution in [2.75, 3.05) is 13.4 Å². The largest absolute Gasteiger partial charge is 0.460 e. The molecule has 3 fully saturated rings. The zero-order valence-corrected chi connectivity index (χ0v) is 29.9. The van der Waals surface area contributed by atoms with Crippen molar-refractivity contribution in [2.45, 2.75) is 108 Å². The Morgan fingerprint density at radius 1 is 1.00 bits per heavy atom. The van der Waals surface area contributed by atoms with Crippen molar-refractivity contribution in [2.24, 2.45) is 5.92 Å². The molecule has 3 unspecified atom stereocenters. The van der Waals surface area contributed by atoms with E-state index in [2.05, 4.69) is 22.8 Å². The Bertz CT molecular complexity index is 1680. The number of carbonyl (C=O) groups is 4. The van der Waals surface area contributed by atoms with E-state index >= 15 is 0 Å². The van der Waals surface area contributed by atoms with Crippen LogP contribution in [0.2, 0.25) is 0 Å². The van der Waals surface area contributed by atoms with Crippen molar-refractivity contribution in [1.29, 1.82) is 0 Å². The van der Waals surface area contributed by atoms with E-state index in [-0.39, 0.29) is 45.1 Å². The topological polar surface area (TPSA) is 162 Å². The third-order valence-electron chi connectivity index (χ3n) is 9.61. The van der Waals surface area contributed by atoms with Gasteiger partial charge in [-0.2, -0.15) is 0 Å². The number of amides is 2. The number of carbonyl (C=O) groups excluding carboxylic acids is 4. The molecular formula is C40H48N2O10. The van der Waals surface area contributed by atoms with Crippen molar-refractivity contribution in [3.8, 4) is 0 Å². The fourth-order valence-electron chi connectivity index (χ4n) is 6.80. The van der Waals surface area contributed by atoms with E-state index in [1.54, 1.807) is 63.2 Å². The van der Waals surface area contributed by atoms with Gasteiger partial charge in [0.1, 0.15) is 30.7 Å². The number of rotatable bonds is 13. The van der Waals surface area contributed by atoms with Crippen LogP contribution < -0.4 is 10.6 Å². The lowest BCUT2D eigenvalue weighted by atomic mass is 9.89. The Morgan fingerprint density at radius 3 is 2.56 bits per heavy atom. The van der Waals surface area contributed by atoms with Crippen molar-refractivity contribution in [1.82, 2.24) is 10.6 Å². The number of hydrogen-bond donors (Lipinski definition) is 3. The van der Waals surface area contributed by atoms with Crippen LogP contribution >= 0.6 is 0 Å². The molecule has 2 amide bonds. The van der Waals surface area contributed by atoms with Crippen LogP contribution in [-0.2, 0) is 39.8 Å². The van der Waals surface area contributed by atoms with Crippen molar-refractivity contribution < 1.29 is 48.0 Å². The lowest BCUT2D eigenvalue weighted by Gasteiger charge is -2.30. The third-order valence-corrected chi connectivity index (χ3v) is 9.61. The number of ether oxygens (including phenoxy) is 5. The van der Waals surface area contributed by atoms with E-state index in [0.29, 0.717) is 40.4 Å². The maximum absolute atomic E-state index is 13.3. The maximum atomic E-state index is 13.3. The summed E-state index contributed by atoms with van der Waals surface area (Å²) in [5.74, 6) is -1.19. The van der Waals surface area contributed by atoms with Crippen LogP contribution in [0.5, 0.6) is 0 Å². The molecule has 2 saturated heterocycles. The molecule has 7 atom stereocenters. The highest BCUT2D eigenvalue weighted by Gasteiger charge is 2.44. The Labute approximate surface area is 303 Å². The lowest BCUT2D eigenvalue weighted by Crippen LogP contribution is -2.43. The Kier molecular flexibility index (Phi) is 11.9. The highest BCUT2D eigenvalue weighted by molar-refractivity contribution is 5.95. The highest BCUT2D eigenvalue weighted by atomic mass is 16.7. The molecule has 12 nitrogen and oxygen atoms in total. The third kappa shape index (κ3) is 10.2. The van der Waals surface area contributed by atoms with Crippen LogP contribution in [0.3, 0.4) is 0 Å². The quantitative estimate of drug-likeness (QED) is 0.200. The molecule has 12 heteroatoms. The van der Waals surface area contributed by atoms with Gasteiger partial charge in [0.05, 0.1) is 30.4 Å². The van der Waals surface area contributed by atoms with E-state index < -0.39 is 47.8 Å². The molecule has 6 rings (SSSR count). The highest BCUT2D eigenvalue weighted by Crippen LogP contribution is 2.40. The van der Waals surface area contributed by atoms with Gasteiger partial charge in [0.25, 0.3) is 5.91 Å². The van der Waals surface area contributed by atoms with Crippen molar-refractivity contribution in [3.05, 3.63) is 88.5 Å². The molecule has 2 aliphatic heterocycles. The van der Waals surface area contributed by atoms with Crippen LogP contribution in [-0.4, -0.2) is 84.4 Å². The number of nitrogens with one attached hydrogen (secondary N) is 2. The van der Waals surface area contributed by atoms with E-state index in [4.69, 9.17) is 23.7 Å². The predicted molar refractivity (Wildman–Crippen MR) is 190 cm³/mol. The van der Waals surface area contributed by atoms with Gasteiger partial charge in [0.15, 0.2) is 0 Å². The number of epoxide rings is 1. The predicted octanol–water partition coefficient (Wildman–Crippen LogP) is 4.39. The summed E-state index contributed by atoms with van der Waals surface area (Å²) in [6.07, 6.45) is 8.82. The molecule has 0 aromatic heterocycles. The van der Waals surface area contributed by atoms with Crippen LogP contribution in [0.1, 0.15) is 91.1 Å². The molecule has 2 aromatic carbocycles. The second kappa shape index (κ2) is 16.5. The van der Waals surface area contributed by atoms with Gasteiger partial charge in [0, 0.05) is 30.5 Å². The van der Waals surface area contributed by atoms with Gasteiger partial charge in [-0.05, 0) is 93.8 Å². The molecule has 52 heavy (non-hydrogen) atoms. The number of allylic oxidation sites excluding steroid dienone is 1. The van der Waals surface area contributed by atoms with Gasteiger partial charge in [0.2, 0.25) is 5.91 Å². The van der Waals surface area contributed by atoms with Crippen LogP contribution in [0, 0.1) is 5.92 Å². The minimum absolute atomic E-state index is 0.0251. The molecule has 278 valence electrons. The maximum Gasteiger partial charge on any atom is 0.338 e. The molecule has 2 aliphatic carbocycles. The molecule has 0 bridgehead atoms. The zero-order valence-electron chi connectivity index (χ0n) is 29.9. The summed E-state index contributed by atoms with van der Waals surface area (Å²) in [6, 6.07) is 13.4. The molecule has 0 radical (unpaired) electrons. The molecule has 2 heterocycles. The van der Waals surface area contributed by atoms with Gasteiger partial charge in [-0.3, -0.25) is 14.4 Å². The SMILES string of the molecule is CC(C)(C)OC(=O)CC[C@@H](CO)NC(=O)c1cccc(CNC(=O)C2=C[C@H]3OCO[C@H]3[C@H](OC(=O)c3ccc(C=CC4CCC5OC5C4)cc3)C2)c1. The first kappa shape index (κ1) is 37.4. The second-order valence-corrected chi connectivity index (χ2v) is 14.8. The number of hydrogen-bond acceptors (Lipinski definition) is 10. The van der Waals surface area contributed by atoms with Crippen LogP contribution in [0.4, 0.5) is 0 Å². The average Bonchev–Trinajstić information content (AvgIpc) is 3.74. The number of aliphatic hydroxyl groups excluding tert-OH is 1. The van der Waals surface area contributed by atoms with E-state index in [1.165, 1.54) is 0 Å². The minimum atomic E-state index is -0.730. The summed E-state index contributed by atoms with van der Waals surface area (Å²) in [4.78, 5) is 51.6. The van der Waals surface area contributed by atoms with Crippen molar-refractivity contribution in [3.63, 3.8) is 0 Å². The Balaban J connectivity index is 0.996. The van der Waals surface area contributed by atoms with E-state index in [0.717, 1.165) is 24.8 Å². The van der Waals surface area contributed by atoms with Gasteiger partial charge in [-0.25, -0.2) is 4.79 Å². The summed E-state index contributed by atoms with van der Waals surface area (Å²) >= 11 is 0. The summed E-state index contributed by atoms with van der Waals surface area (Å²) in [7, 11) is 0. The first-order valence-corrected chi connectivity index (χ1v) is 18.0. The summed E-state index contributed by atoms with van der Waals surface area (Å²) < 4.78 is 28.2. The van der Waals surface area contributed by atoms with Crippen LogP contribution in [0.15, 0.2) is 66.3 Å². The lowest BCUT2D eigenvalue weighted by molar-refractivity contribution is -0.155.